The molecule has 0 aliphatic carbocycles. The first-order chi connectivity index (χ1) is 25.1. The number of unbranched alkanes of at least 4 members (excludes halogenated alkanes) is 17. The molecule has 0 aromatic heterocycles. The summed E-state index contributed by atoms with van der Waals surface area (Å²) < 4.78 is 32.6. The zero-order valence-corrected chi connectivity index (χ0v) is 33.3. The number of hydrogen-bond acceptors (Lipinski definition) is 9. The Labute approximate surface area is 314 Å². The molecule has 0 fully saturated rings. The van der Waals surface area contributed by atoms with E-state index in [0.717, 1.165) is 77.0 Å². The molecule has 3 unspecified atom stereocenters. The lowest BCUT2D eigenvalue weighted by molar-refractivity contribution is -0.161. The second-order valence-corrected chi connectivity index (χ2v) is 14.9. The summed E-state index contributed by atoms with van der Waals surface area (Å²) in [6.07, 6.45) is 36.4. The monoisotopic (exact) mass is 757 g/mol. The van der Waals surface area contributed by atoms with Gasteiger partial charge in [0.15, 0.2) is 6.10 Å². The van der Waals surface area contributed by atoms with Crippen LogP contribution in [0.4, 0.5) is 0 Å². The Morgan fingerprint density at radius 3 is 1.58 bits per heavy atom. The SMILES string of the molecule is CCCC/C=C\CCCCCCCC(=O)OCC(COP(=O)(O)OCC(N)C(=O)O)OC(=O)CCCCCCCCC/C=C\C/C=C\CCCCC. The first-order valence-electron chi connectivity index (χ1n) is 20.0. The molecule has 0 aromatic carbocycles. The fraction of sp³-hybridized carbons (Fsp3) is 0.775. The number of aliphatic carboxylic acids is 1. The van der Waals surface area contributed by atoms with E-state index in [4.69, 9.17) is 24.8 Å². The first kappa shape index (κ1) is 49.7. The summed E-state index contributed by atoms with van der Waals surface area (Å²) in [7, 11) is -4.71. The van der Waals surface area contributed by atoms with Crippen LogP contribution in [0.25, 0.3) is 0 Å². The molecule has 0 aliphatic rings. The highest BCUT2D eigenvalue weighted by molar-refractivity contribution is 7.47. The van der Waals surface area contributed by atoms with Crippen LogP contribution < -0.4 is 5.73 Å². The Balaban J connectivity index is 4.42. The molecular formula is C40H72NO10P. The largest absolute Gasteiger partial charge is 0.480 e. The van der Waals surface area contributed by atoms with Crippen LogP contribution in [0, 0.1) is 0 Å². The molecule has 4 N–H and O–H groups in total. The molecule has 0 bridgehead atoms. The van der Waals surface area contributed by atoms with Crippen molar-refractivity contribution in [3.05, 3.63) is 36.5 Å². The van der Waals surface area contributed by atoms with Gasteiger partial charge in [0, 0.05) is 12.8 Å². The van der Waals surface area contributed by atoms with Gasteiger partial charge in [0.2, 0.25) is 0 Å². The van der Waals surface area contributed by atoms with Crippen molar-refractivity contribution in [1.82, 2.24) is 0 Å². The van der Waals surface area contributed by atoms with Crippen molar-refractivity contribution >= 4 is 25.7 Å². The molecule has 12 heteroatoms. The molecule has 0 saturated carbocycles. The van der Waals surface area contributed by atoms with Crippen LogP contribution in [0.2, 0.25) is 0 Å². The number of rotatable bonds is 37. The summed E-state index contributed by atoms with van der Waals surface area (Å²) in [4.78, 5) is 45.8. The third-order valence-electron chi connectivity index (χ3n) is 8.36. The van der Waals surface area contributed by atoms with Crippen molar-refractivity contribution in [1.29, 1.82) is 0 Å². The molecule has 0 spiro atoms. The summed E-state index contributed by atoms with van der Waals surface area (Å²) in [6.45, 7) is 2.70. The molecule has 0 heterocycles. The van der Waals surface area contributed by atoms with Gasteiger partial charge in [0.25, 0.3) is 0 Å². The van der Waals surface area contributed by atoms with Gasteiger partial charge in [0.05, 0.1) is 13.2 Å². The normalized spacial score (nSPS) is 14.2. The van der Waals surface area contributed by atoms with Gasteiger partial charge in [-0.2, -0.15) is 0 Å². The minimum Gasteiger partial charge on any atom is -0.480 e. The predicted octanol–water partition coefficient (Wildman–Crippen LogP) is 10.1. The molecular weight excluding hydrogens is 685 g/mol. The van der Waals surface area contributed by atoms with Gasteiger partial charge in [-0.1, -0.05) is 127 Å². The molecule has 302 valence electrons. The van der Waals surface area contributed by atoms with Gasteiger partial charge in [-0.25, -0.2) is 4.57 Å². The van der Waals surface area contributed by atoms with Crippen molar-refractivity contribution in [3.63, 3.8) is 0 Å². The van der Waals surface area contributed by atoms with E-state index >= 15 is 0 Å². The molecule has 0 amide bonds. The van der Waals surface area contributed by atoms with Gasteiger partial charge in [0.1, 0.15) is 12.6 Å². The van der Waals surface area contributed by atoms with Crippen LogP contribution in [0.5, 0.6) is 0 Å². The fourth-order valence-corrected chi connectivity index (χ4v) is 5.91. The average Bonchev–Trinajstić information content (AvgIpc) is 3.12. The lowest BCUT2D eigenvalue weighted by Gasteiger charge is -2.20. The van der Waals surface area contributed by atoms with Crippen LogP contribution in [-0.4, -0.2) is 59.9 Å². The Morgan fingerprint density at radius 2 is 1.04 bits per heavy atom. The van der Waals surface area contributed by atoms with E-state index in [1.165, 1.54) is 51.4 Å². The summed E-state index contributed by atoms with van der Waals surface area (Å²) in [6, 6.07) is -1.52. The van der Waals surface area contributed by atoms with E-state index in [0.29, 0.717) is 12.8 Å². The Kier molecular flexibility index (Phi) is 34.1. The number of carbonyl (C=O) groups excluding carboxylic acids is 2. The number of ether oxygens (including phenoxy) is 2. The third kappa shape index (κ3) is 34.8. The van der Waals surface area contributed by atoms with E-state index in [-0.39, 0.29) is 19.4 Å². The van der Waals surface area contributed by atoms with Crippen LogP contribution in [0.3, 0.4) is 0 Å². The lowest BCUT2D eigenvalue weighted by atomic mass is 10.1. The van der Waals surface area contributed by atoms with Gasteiger partial charge in [-0.3, -0.25) is 23.4 Å². The van der Waals surface area contributed by atoms with Crippen molar-refractivity contribution in [2.75, 3.05) is 19.8 Å². The van der Waals surface area contributed by atoms with Crippen LogP contribution in [0.1, 0.15) is 168 Å². The fourth-order valence-electron chi connectivity index (χ4n) is 5.13. The van der Waals surface area contributed by atoms with E-state index in [9.17, 15) is 23.8 Å². The summed E-state index contributed by atoms with van der Waals surface area (Å²) in [5.74, 6) is -2.40. The van der Waals surface area contributed by atoms with Crippen molar-refractivity contribution < 1.29 is 47.5 Å². The Bertz CT molecular complexity index is 1030. The summed E-state index contributed by atoms with van der Waals surface area (Å²) >= 11 is 0. The number of carbonyl (C=O) groups is 3. The standard InChI is InChI=1S/C40H72NO10P/c1-3-5-7-9-11-13-15-16-17-18-19-20-22-24-26-28-30-32-39(43)51-36(34-49-52(46,47)50-35-37(41)40(44)45)33-48-38(42)31-29-27-25-23-21-14-12-10-8-6-4-2/h10-13,16-17,36-37H,3-9,14-15,18-35,41H2,1-2H3,(H,44,45)(H,46,47)/b12-10-,13-11-,17-16-. The smallest absolute Gasteiger partial charge is 0.472 e. The lowest BCUT2D eigenvalue weighted by Crippen LogP contribution is -2.34. The van der Waals surface area contributed by atoms with Crippen molar-refractivity contribution in [2.24, 2.45) is 5.73 Å². The number of allylic oxidation sites excluding steroid dienone is 6. The maximum atomic E-state index is 12.6. The quantitative estimate of drug-likeness (QED) is 0.0238. The predicted molar refractivity (Wildman–Crippen MR) is 208 cm³/mol. The summed E-state index contributed by atoms with van der Waals surface area (Å²) in [5, 5.41) is 8.86. The molecule has 11 nitrogen and oxygen atoms in total. The number of phosphoric acid groups is 1. The minimum atomic E-state index is -4.71. The highest BCUT2D eigenvalue weighted by atomic mass is 31.2. The zero-order chi connectivity index (χ0) is 38.5. The van der Waals surface area contributed by atoms with E-state index in [2.05, 4.69) is 54.8 Å². The van der Waals surface area contributed by atoms with Crippen molar-refractivity contribution in [3.8, 4) is 0 Å². The molecule has 0 aromatic rings. The molecule has 0 saturated heterocycles. The maximum Gasteiger partial charge on any atom is 0.472 e. The average molecular weight is 758 g/mol. The molecule has 0 radical (unpaired) electrons. The van der Waals surface area contributed by atoms with Crippen molar-refractivity contribution in [2.45, 2.75) is 180 Å². The third-order valence-corrected chi connectivity index (χ3v) is 9.31. The number of hydrogen-bond donors (Lipinski definition) is 3. The van der Waals surface area contributed by atoms with Crippen LogP contribution in [0.15, 0.2) is 36.5 Å². The number of phosphoric ester groups is 1. The second-order valence-electron chi connectivity index (χ2n) is 13.4. The number of nitrogens with two attached hydrogens (primary N) is 1. The summed E-state index contributed by atoms with van der Waals surface area (Å²) in [5.41, 5.74) is 5.32. The highest BCUT2D eigenvalue weighted by Crippen LogP contribution is 2.43. The van der Waals surface area contributed by atoms with Gasteiger partial charge >= 0.3 is 25.7 Å². The number of carboxylic acids is 1. The number of esters is 2. The zero-order valence-electron chi connectivity index (χ0n) is 32.4. The first-order valence-corrected chi connectivity index (χ1v) is 21.5. The molecule has 0 aliphatic heterocycles. The van der Waals surface area contributed by atoms with Gasteiger partial charge in [-0.15, -0.1) is 0 Å². The van der Waals surface area contributed by atoms with Gasteiger partial charge < -0.3 is 25.2 Å². The van der Waals surface area contributed by atoms with E-state index in [1.54, 1.807) is 0 Å². The van der Waals surface area contributed by atoms with E-state index < -0.39 is 51.1 Å². The van der Waals surface area contributed by atoms with Crippen LogP contribution >= 0.6 is 7.82 Å². The molecule has 52 heavy (non-hydrogen) atoms. The van der Waals surface area contributed by atoms with E-state index in [1.807, 2.05) is 0 Å². The minimum absolute atomic E-state index is 0.150. The maximum absolute atomic E-state index is 12.6. The number of carboxylic acid groups (broad SMARTS) is 1. The topological polar surface area (TPSA) is 172 Å². The van der Waals surface area contributed by atoms with Crippen LogP contribution in [-0.2, 0) is 37.5 Å². The molecule has 0 rings (SSSR count). The Hall–Kier alpha value is -2.30. The van der Waals surface area contributed by atoms with Gasteiger partial charge in [-0.05, 0) is 64.2 Å². The highest BCUT2D eigenvalue weighted by Gasteiger charge is 2.28. The Morgan fingerprint density at radius 1 is 0.596 bits per heavy atom. The molecule has 3 atom stereocenters. The second kappa shape index (κ2) is 35.7.